The van der Waals surface area contributed by atoms with E-state index in [1.165, 1.54) is 12.1 Å². The second-order valence-corrected chi connectivity index (χ2v) is 4.33. The van der Waals surface area contributed by atoms with Crippen LogP contribution in [0.2, 0.25) is 0 Å². The highest BCUT2D eigenvalue weighted by atomic mass is 32.2. The molecule has 74 valence electrons. The summed E-state index contributed by atoms with van der Waals surface area (Å²) in [4.78, 5) is 10.2. The zero-order chi connectivity index (χ0) is 10.6. The molecule has 1 rings (SSSR count). The van der Waals surface area contributed by atoms with Gasteiger partial charge in [-0.15, -0.1) is 0 Å². The summed E-state index contributed by atoms with van der Waals surface area (Å²) in [6.07, 6.45) is 0.600. The van der Waals surface area contributed by atoms with E-state index in [-0.39, 0.29) is 4.90 Å². The van der Waals surface area contributed by atoms with E-state index in [0.29, 0.717) is 11.5 Å². The Morgan fingerprint density at radius 1 is 1.21 bits per heavy atom. The standard InChI is InChI=1S/C9H8O4S/c10-9(11)6-7-14(12,13)8-4-2-1-3-5-8/h1-7H,(H,10,11)/b7-6-. The monoisotopic (exact) mass is 212 g/mol. The summed E-state index contributed by atoms with van der Waals surface area (Å²) in [6.45, 7) is 0. The number of hydrogen-bond donors (Lipinski definition) is 1. The predicted octanol–water partition coefficient (Wildman–Crippen LogP) is 1.06. The number of hydrogen-bond acceptors (Lipinski definition) is 3. The third-order valence-electron chi connectivity index (χ3n) is 1.46. The Bertz CT molecular complexity index is 445. The number of carboxylic acids is 1. The summed E-state index contributed by atoms with van der Waals surface area (Å²) in [5, 5.41) is 8.94. The number of rotatable bonds is 3. The van der Waals surface area contributed by atoms with Crippen LogP contribution in [0.25, 0.3) is 0 Å². The lowest BCUT2D eigenvalue weighted by Gasteiger charge is -1.96. The maximum atomic E-state index is 11.4. The lowest BCUT2D eigenvalue weighted by molar-refractivity contribution is -0.131. The lowest BCUT2D eigenvalue weighted by atomic mass is 10.4. The summed E-state index contributed by atoms with van der Waals surface area (Å²) < 4.78 is 22.8. The topological polar surface area (TPSA) is 71.4 Å². The highest BCUT2D eigenvalue weighted by Gasteiger charge is 2.09. The van der Waals surface area contributed by atoms with E-state index in [1.807, 2.05) is 0 Å². The van der Waals surface area contributed by atoms with Gasteiger partial charge in [0.05, 0.1) is 4.90 Å². The summed E-state index contributed by atoms with van der Waals surface area (Å²) in [6, 6.07) is 7.63. The predicted molar refractivity (Wildman–Crippen MR) is 50.4 cm³/mol. The van der Waals surface area contributed by atoms with Crippen molar-refractivity contribution in [2.24, 2.45) is 0 Å². The Morgan fingerprint density at radius 2 is 1.79 bits per heavy atom. The van der Waals surface area contributed by atoms with Gasteiger partial charge in [0.1, 0.15) is 0 Å². The van der Waals surface area contributed by atoms with E-state index >= 15 is 0 Å². The van der Waals surface area contributed by atoms with Crippen LogP contribution < -0.4 is 0 Å². The fourth-order valence-corrected chi connectivity index (χ4v) is 1.83. The van der Waals surface area contributed by atoms with Crippen molar-refractivity contribution in [3.05, 3.63) is 41.8 Å². The van der Waals surface area contributed by atoms with Crippen LogP contribution in [-0.4, -0.2) is 19.5 Å². The molecule has 0 atom stereocenters. The Morgan fingerprint density at radius 3 is 2.29 bits per heavy atom. The van der Waals surface area contributed by atoms with E-state index in [2.05, 4.69) is 0 Å². The Labute approximate surface area is 81.4 Å². The second kappa shape index (κ2) is 4.06. The van der Waals surface area contributed by atoms with Crippen molar-refractivity contribution in [3.63, 3.8) is 0 Å². The van der Waals surface area contributed by atoms with Gasteiger partial charge in [0, 0.05) is 11.5 Å². The van der Waals surface area contributed by atoms with Gasteiger partial charge in [-0.1, -0.05) is 18.2 Å². The SMILES string of the molecule is O=C(O)/C=C\S(=O)(=O)c1ccccc1. The minimum absolute atomic E-state index is 0.0810. The van der Waals surface area contributed by atoms with E-state index in [4.69, 9.17) is 5.11 Å². The molecular weight excluding hydrogens is 204 g/mol. The summed E-state index contributed by atoms with van der Waals surface area (Å²) in [5.74, 6) is -1.29. The summed E-state index contributed by atoms with van der Waals surface area (Å²) in [7, 11) is -3.62. The smallest absolute Gasteiger partial charge is 0.329 e. The molecule has 0 unspecified atom stereocenters. The van der Waals surface area contributed by atoms with Gasteiger partial charge < -0.3 is 5.11 Å². The molecule has 0 saturated heterocycles. The third-order valence-corrected chi connectivity index (χ3v) is 2.89. The molecule has 0 spiro atoms. The van der Waals surface area contributed by atoms with Crippen LogP contribution >= 0.6 is 0 Å². The van der Waals surface area contributed by atoms with Crippen molar-refractivity contribution in [1.82, 2.24) is 0 Å². The van der Waals surface area contributed by atoms with Crippen LogP contribution in [0.5, 0.6) is 0 Å². The number of carboxylic acid groups (broad SMARTS) is 1. The maximum absolute atomic E-state index is 11.4. The van der Waals surface area contributed by atoms with Gasteiger partial charge in [-0.2, -0.15) is 0 Å². The largest absolute Gasteiger partial charge is 0.478 e. The second-order valence-electron chi connectivity index (χ2n) is 2.50. The molecule has 4 nitrogen and oxygen atoms in total. The van der Waals surface area contributed by atoms with Crippen molar-refractivity contribution in [2.75, 3.05) is 0 Å². The first-order chi connectivity index (χ1) is 6.52. The van der Waals surface area contributed by atoms with Gasteiger partial charge >= 0.3 is 5.97 Å². The minimum atomic E-state index is -3.62. The van der Waals surface area contributed by atoms with Crippen LogP contribution in [0, 0.1) is 0 Å². The first-order valence-electron chi connectivity index (χ1n) is 3.73. The van der Waals surface area contributed by atoms with Crippen molar-refractivity contribution in [2.45, 2.75) is 4.90 Å². The fraction of sp³-hybridized carbons (Fsp3) is 0. The van der Waals surface area contributed by atoms with Gasteiger partial charge in [-0.25, -0.2) is 13.2 Å². The molecule has 0 aromatic heterocycles. The number of carbonyl (C=O) groups is 1. The molecule has 14 heavy (non-hydrogen) atoms. The molecule has 0 aliphatic rings. The minimum Gasteiger partial charge on any atom is -0.478 e. The number of benzene rings is 1. The van der Waals surface area contributed by atoms with Gasteiger partial charge in [-0.05, 0) is 12.1 Å². The average molecular weight is 212 g/mol. The van der Waals surface area contributed by atoms with Crippen molar-refractivity contribution >= 4 is 15.8 Å². The maximum Gasteiger partial charge on any atom is 0.329 e. The van der Waals surface area contributed by atoms with Crippen LogP contribution in [0.1, 0.15) is 0 Å². The molecule has 0 amide bonds. The van der Waals surface area contributed by atoms with Crippen molar-refractivity contribution < 1.29 is 18.3 Å². The number of aliphatic carboxylic acids is 1. The molecule has 1 aromatic carbocycles. The summed E-state index contributed by atoms with van der Waals surface area (Å²) in [5.41, 5.74) is 0. The van der Waals surface area contributed by atoms with Crippen molar-refractivity contribution in [1.29, 1.82) is 0 Å². The highest BCUT2D eigenvalue weighted by Crippen LogP contribution is 2.10. The van der Waals surface area contributed by atoms with E-state index < -0.39 is 15.8 Å². The van der Waals surface area contributed by atoms with Crippen molar-refractivity contribution in [3.8, 4) is 0 Å². The normalized spacial score (nSPS) is 11.7. The molecule has 0 fully saturated rings. The van der Waals surface area contributed by atoms with E-state index in [0.717, 1.165) is 0 Å². The first kappa shape index (κ1) is 10.5. The Kier molecular flexibility index (Phi) is 3.03. The number of sulfone groups is 1. The quantitative estimate of drug-likeness (QED) is 0.760. The zero-order valence-corrected chi connectivity index (χ0v) is 7.94. The zero-order valence-electron chi connectivity index (χ0n) is 7.12. The van der Waals surface area contributed by atoms with Gasteiger partial charge in [0.25, 0.3) is 0 Å². The molecule has 0 aliphatic heterocycles. The molecule has 0 saturated carbocycles. The third kappa shape index (κ3) is 2.70. The van der Waals surface area contributed by atoms with Crippen LogP contribution in [0.3, 0.4) is 0 Å². The van der Waals surface area contributed by atoms with Crippen LogP contribution in [0.4, 0.5) is 0 Å². The van der Waals surface area contributed by atoms with E-state index in [9.17, 15) is 13.2 Å². The summed E-state index contributed by atoms with van der Waals surface area (Å²) >= 11 is 0. The first-order valence-corrected chi connectivity index (χ1v) is 5.28. The molecule has 0 heterocycles. The van der Waals surface area contributed by atoms with Gasteiger partial charge in [-0.3, -0.25) is 0 Å². The Balaban J connectivity index is 3.05. The molecule has 5 heteroatoms. The molecule has 0 bridgehead atoms. The van der Waals surface area contributed by atoms with Crippen LogP contribution in [-0.2, 0) is 14.6 Å². The highest BCUT2D eigenvalue weighted by molar-refractivity contribution is 7.94. The average Bonchev–Trinajstić information content (AvgIpc) is 2.16. The van der Waals surface area contributed by atoms with E-state index in [1.54, 1.807) is 18.2 Å². The fourth-order valence-electron chi connectivity index (χ4n) is 0.837. The van der Waals surface area contributed by atoms with Gasteiger partial charge in [0.15, 0.2) is 9.84 Å². The lowest BCUT2D eigenvalue weighted by Crippen LogP contribution is -1.97. The molecule has 0 aliphatic carbocycles. The van der Waals surface area contributed by atoms with Gasteiger partial charge in [0.2, 0.25) is 0 Å². The molecular formula is C9H8O4S. The Hall–Kier alpha value is -1.62. The van der Waals surface area contributed by atoms with Crippen LogP contribution in [0.15, 0.2) is 46.7 Å². The molecule has 0 radical (unpaired) electrons. The molecule has 1 N–H and O–H groups in total. The molecule has 1 aromatic rings.